The molecule has 43 heavy (non-hydrogen) atoms. The summed E-state index contributed by atoms with van der Waals surface area (Å²) in [5.41, 5.74) is -0.939. The first-order valence-electron chi connectivity index (χ1n) is 14.9. The van der Waals surface area contributed by atoms with Gasteiger partial charge < -0.3 is 34.5 Å². The molecule has 1 aromatic heterocycles. The van der Waals surface area contributed by atoms with Crippen LogP contribution < -0.4 is 15.4 Å². The van der Waals surface area contributed by atoms with E-state index in [1.807, 2.05) is 12.2 Å². The summed E-state index contributed by atoms with van der Waals surface area (Å²) < 4.78 is 17.2. The smallest absolute Gasteiger partial charge is 0.408 e. The van der Waals surface area contributed by atoms with E-state index >= 15 is 0 Å². The minimum absolute atomic E-state index is 0.0721. The molecular weight excluding hydrogens is 556 g/mol. The van der Waals surface area contributed by atoms with Gasteiger partial charge in [0, 0.05) is 25.3 Å². The summed E-state index contributed by atoms with van der Waals surface area (Å²) in [5.74, 6) is -1.42. The number of alkyl carbamates (subject to hydrolysis) is 1. The molecule has 1 saturated carbocycles. The molecular formula is C31H40N4O8. The van der Waals surface area contributed by atoms with Crippen molar-refractivity contribution < 1.29 is 38.2 Å². The lowest BCUT2D eigenvalue weighted by Crippen LogP contribution is -2.56. The van der Waals surface area contributed by atoms with Crippen LogP contribution in [0.4, 0.5) is 4.79 Å². The zero-order valence-corrected chi connectivity index (χ0v) is 25.1. The highest BCUT2D eigenvalue weighted by atomic mass is 16.6. The van der Waals surface area contributed by atoms with Crippen LogP contribution in [0.3, 0.4) is 0 Å². The van der Waals surface area contributed by atoms with E-state index in [9.17, 15) is 24.3 Å². The monoisotopic (exact) mass is 596 g/mol. The number of aromatic nitrogens is 1. The molecule has 0 radical (unpaired) electrons. The average Bonchev–Trinajstić information content (AvgIpc) is 3.24. The number of hydrogen-bond donors (Lipinski definition) is 3. The molecule has 0 spiro atoms. The van der Waals surface area contributed by atoms with Crippen molar-refractivity contribution in [2.24, 2.45) is 5.92 Å². The maximum atomic E-state index is 14.1. The third kappa shape index (κ3) is 6.94. The minimum atomic E-state index is -1.41. The van der Waals surface area contributed by atoms with Crippen LogP contribution in [0.15, 0.2) is 34.8 Å². The Bertz CT molecular complexity index is 1430. The fraction of sp³-hybridized carbons (Fsp3) is 0.581. The first-order chi connectivity index (χ1) is 20.3. The van der Waals surface area contributed by atoms with Crippen molar-refractivity contribution in [3.05, 3.63) is 36.2 Å². The van der Waals surface area contributed by atoms with E-state index in [-0.39, 0.29) is 25.3 Å². The van der Waals surface area contributed by atoms with Gasteiger partial charge in [0.05, 0.1) is 6.54 Å². The molecule has 2 fully saturated rings. The molecule has 1 aliphatic carbocycles. The zero-order chi connectivity index (χ0) is 30.9. The van der Waals surface area contributed by atoms with Crippen LogP contribution in [-0.4, -0.2) is 74.7 Å². The van der Waals surface area contributed by atoms with Crippen molar-refractivity contribution in [1.82, 2.24) is 20.5 Å². The van der Waals surface area contributed by atoms with Crippen LogP contribution in [0, 0.1) is 12.8 Å². The lowest BCUT2D eigenvalue weighted by atomic mass is 10.0. The standard InChI is InChI=1S/C31H40N4O8/c1-18-32-23-14-20(12-13-25(23)41-18)42-21-15-24-26(36)34-31(28(38)39)16-19(31)10-8-6-5-7-9-11-22(27(37)35(24)17-21)33-29(40)43-30(2,3)4/h8,10,12-14,19,21-22,24H,5-7,9,11,15-17H2,1-4H3,(H,33,40)(H,34,36)(H,38,39)/b10-8-/t19-,21-,22+,24+,31-/m1/s1. The topological polar surface area (TPSA) is 160 Å². The fourth-order valence-corrected chi connectivity index (χ4v) is 5.88. The highest BCUT2D eigenvalue weighted by Crippen LogP contribution is 2.45. The van der Waals surface area contributed by atoms with Gasteiger partial charge in [0.1, 0.15) is 40.6 Å². The number of nitrogens with one attached hydrogen (secondary N) is 2. The maximum Gasteiger partial charge on any atom is 0.408 e. The highest BCUT2D eigenvalue weighted by Gasteiger charge is 2.61. The Hall–Kier alpha value is -4.09. The summed E-state index contributed by atoms with van der Waals surface area (Å²) >= 11 is 0. The number of fused-ring (bicyclic) bond motifs is 3. The number of carbonyl (C=O) groups excluding carboxylic acids is 3. The number of hydrogen-bond acceptors (Lipinski definition) is 8. The molecule has 1 saturated heterocycles. The van der Waals surface area contributed by atoms with E-state index in [0.717, 1.165) is 19.3 Å². The van der Waals surface area contributed by atoms with Crippen molar-refractivity contribution in [2.45, 2.75) is 102 Å². The number of aryl methyl sites for hydroxylation is 1. The second-order valence-corrected chi connectivity index (χ2v) is 12.7. The van der Waals surface area contributed by atoms with Gasteiger partial charge in [0.25, 0.3) is 0 Å². The minimum Gasteiger partial charge on any atom is -0.488 e. The number of nitrogens with zero attached hydrogens (tertiary/aromatic N) is 2. The normalized spacial score (nSPS) is 29.0. The molecule has 5 atom stereocenters. The molecule has 3 N–H and O–H groups in total. The summed E-state index contributed by atoms with van der Waals surface area (Å²) in [6, 6.07) is 3.29. The van der Waals surface area contributed by atoms with Crippen molar-refractivity contribution in [2.75, 3.05) is 6.54 Å². The van der Waals surface area contributed by atoms with Crippen molar-refractivity contribution >= 4 is 35.0 Å². The van der Waals surface area contributed by atoms with Gasteiger partial charge in [-0.15, -0.1) is 0 Å². The van der Waals surface area contributed by atoms with Gasteiger partial charge in [-0.25, -0.2) is 14.6 Å². The Morgan fingerprint density at radius 1 is 1.21 bits per heavy atom. The van der Waals surface area contributed by atoms with E-state index in [1.165, 1.54) is 4.90 Å². The number of amides is 3. The predicted octanol–water partition coefficient (Wildman–Crippen LogP) is 3.86. The molecule has 0 unspecified atom stereocenters. The van der Waals surface area contributed by atoms with E-state index in [2.05, 4.69) is 15.6 Å². The molecule has 232 valence electrons. The molecule has 5 rings (SSSR count). The molecule has 2 aliphatic heterocycles. The number of ether oxygens (including phenoxy) is 2. The number of carboxylic acid groups (broad SMARTS) is 1. The Kier molecular flexibility index (Phi) is 8.40. The van der Waals surface area contributed by atoms with Crippen molar-refractivity contribution in [3.8, 4) is 5.75 Å². The van der Waals surface area contributed by atoms with Gasteiger partial charge in [-0.1, -0.05) is 25.0 Å². The zero-order valence-electron chi connectivity index (χ0n) is 25.1. The quantitative estimate of drug-likeness (QED) is 0.445. The molecule has 2 aromatic rings. The number of carbonyl (C=O) groups is 4. The molecule has 1 aromatic carbocycles. The summed E-state index contributed by atoms with van der Waals surface area (Å²) in [5, 5.41) is 15.5. The van der Waals surface area contributed by atoms with E-state index in [0.29, 0.717) is 35.6 Å². The average molecular weight is 597 g/mol. The number of allylic oxidation sites excluding steroid dienone is 1. The van der Waals surface area contributed by atoms with Crippen LogP contribution in [-0.2, 0) is 19.1 Å². The third-order valence-electron chi connectivity index (χ3n) is 8.08. The maximum absolute atomic E-state index is 14.1. The number of aliphatic carboxylic acids is 1. The van der Waals surface area contributed by atoms with Gasteiger partial charge in [0.2, 0.25) is 11.8 Å². The lowest BCUT2D eigenvalue weighted by molar-refractivity contribution is -0.145. The van der Waals surface area contributed by atoms with Gasteiger partial charge >= 0.3 is 12.1 Å². The largest absolute Gasteiger partial charge is 0.488 e. The molecule has 3 amide bonds. The van der Waals surface area contributed by atoms with Gasteiger partial charge in [-0.2, -0.15) is 0 Å². The number of carboxylic acids is 1. The van der Waals surface area contributed by atoms with Crippen LogP contribution in [0.2, 0.25) is 0 Å². The van der Waals surface area contributed by atoms with Crippen molar-refractivity contribution in [3.63, 3.8) is 0 Å². The van der Waals surface area contributed by atoms with Crippen LogP contribution in [0.5, 0.6) is 5.75 Å². The Labute approximate surface area is 250 Å². The lowest BCUT2D eigenvalue weighted by Gasteiger charge is -2.30. The van der Waals surface area contributed by atoms with E-state index in [4.69, 9.17) is 13.9 Å². The van der Waals surface area contributed by atoms with E-state index in [1.54, 1.807) is 45.9 Å². The van der Waals surface area contributed by atoms with Crippen LogP contribution in [0.1, 0.15) is 71.6 Å². The Morgan fingerprint density at radius 3 is 2.74 bits per heavy atom. The first kappa shape index (κ1) is 30.4. The molecule has 0 bridgehead atoms. The molecule has 3 heterocycles. The van der Waals surface area contributed by atoms with Gasteiger partial charge in [-0.3, -0.25) is 9.59 Å². The Morgan fingerprint density at radius 2 is 2.00 bits per heavy atom. The Balaban J connectivity index is 1.42. The van der Waals surface area contributed by atoms with Gasteiger partial charge in [0.15, 0.2) is 11.5 Å². The summed E-state index contributed by atoms with van der Waals surface area (Å²) in [6.45, 7) is 7.04. The number of oxazole rings is 1. The van der Waals surface area contributed by atoms with Gasteiger partial charge in [-0.05, 0) is 58.6 Å². The fourth-order valence-electron chi connectivity index (χ4n) is 5.88. The van der Waals surface area contributed by atoms with Crippen LogP contribution in [0.25, 0.3) is 11.1 Å². The first-order valence-corrected chi connectivity index (χ1v) is 14.9. The number of rotatable bonds is 4. The second kappa shape index (κ2) is 11.9. The predicted molar refractivity (Wildman–Crippen MR) is 155 cm³/mol. The molecule has 3 aliphatic rings. The molecule has 12 nitrogen and oxygen atoms in total. The summed E-state index contributed by atoms with van der Waals surface area (Å²) in [6.07, 6.45) is 6.42. The molecule has 12 heteroatoms. The number of benzene rings is 1. The SMILES string of the molecule is Cc1nc2cc(O[C@@H]3C[C@H]4C(=O)N[C@]5(C(=O)O)C[C@H]5/C=C\CCCCC[C@H](NC(=O)OC(C)(C)C)C(=O)N4C3)ccc2o1. The summed E-state index contributed by atoms with van der Waals surface area (Å²) in [7, 11) is 0. The summed E-state index contributed by atoms with van der Waals surface area (Å²) in [4.78, 5) is 58.6. The van der Waals surface area contributed by atoms with E-state index < -0.39 is 53.2 Å². The van der Waals surface area contributed by atoms with Crippen LogP contribution >= 0.6 is 0 Å². The third-order valence-corrected chi connectivity index (χ3v) is 8.08. The highest BCUT2D eigenvalue weighted by molar-refractivity contribution is 5.96. The second-order valence-electron chi connectivity index (χ2n) is 12.7. The van der Waals surface area contributed by atoms with Crippen molar-refractivity contribution in [1.29, 1.82) is 0 Å².